The number of carbonyl (C=O) groups excluding carboxylic acids is 2. The Morgan fingerprint density at radius 3 is 2.24 bits per heavy atom. The summed E-state index contributed by atoms with van der Waals surface area (Å²) < 4.78 is 0. The molecule has 0 atom stereocenters. The molecule has 8 heteroatoms. The predicted molar refractivity (Wildman–Crippen MR) is 98.9 cm³/mol. The molecule has 0 radical (unpaired) electrons. The predicted octanol–water partition coefficient (Wildman–Crippen LogP) is 4.19. The first kappa shape index (κ1) is 17.4. The number of rotatable bonds is 3. The van der Waals surface area contributed by atoms with E-state index in [1.54, 1.807) is 30.3 Å². The molecule has 0 saturated heterocycles. The molecule has 126 valence electrons. The minimum absolute atomic E-state index is 0.269. The van der Waals surface area contributed by atoms with Crippen molar-refractivity contribution in [2.75, 3.05) is 0 Å². The fraction of sp³-hybridized carbons (Fsp3) is 0. The Morgan fingerprint density at radius 2 is 1.52 bits per heavy atom. The van der Waals surface area contributed by atoms with E-state index in [-0.39, 0.29) is 5.56 Å². The lowest BCUT2D eigenvalue weighted by molar-refractivity contribution is 0.0849. The van der Waals surface area contributed by atoms with Crippen molar-refractivity contribution in [3.8, 4) is 10.6 Å². The Morgan fingerprint density at radius 1 is 0.880 bits per heavy atom. The third kappa shape index (κ3) is 3.99. The zero-order chi connectivity index (χ0) is 17.8. The van der Waals surface area contributed by atoms with Gasteiger partial charge in [0.25, 0.3) is 11.8 Å². The molecule has 2 N–H and O–H groups in total. The van der Waals surface area contributed by atoms with Crippen molar-refractivity contribution in [1.29, 1.82) is 0 Å². The van der Waals surface area contributed by atoms with Gasteiger partial charge in [0.1, 0.15) is 9.88 Å². The molecule has 0 saturated carbocycles. The second-order valence-electron chi connectivity index (χ2n) is 4.90. The van der Waals surface area contributed by atoms with Gasteiger partial charge in [-0.2, -0.15) is 0 Å². The number of nitrogens with zero attached hydrogens (tertiary/aromatic N) is 1. The van der Waals surface area contributed by atoms with Crippen LogP contribution in [0.15, 0.2) is 54.7 Å². The minimum Gasteiger partial charge on any atom is -0.267 e. The first-order valence-corrected chi connectivity index (χ1v) is 8.69. The van der Waals surface area contributed by atoms with Gasteiger partial charge in [0.15, 0.2) is 0 Å². The molecule has 1 aromatic heterocycles. The quantitative estimate of drug-likeness (QED) is 0.657. The van der Waals surface area contributed by atoms with Gasteiger partial charge >= 0.3 is 0 Å². The van der Waals surface area contributed by atoms with Crippen molar-refractivity contribution in [1.82, 2.24) is 15.8 Å². The molecule has 3 aromatic rings. The van der Waals surface area contributed by atoms with Crippen LogP contribution in [0.25, 0.3) is 10.6 Å². The number of hydrogen-bond acceptors (Lipinski definition) is 4. The van der Waals surface area contributed by atoms with Gasteiger partial charge in [-0.25, -0.2) is 4.98 Å². The van der Waals surface area contributed by atoms with Crippen LogP contribution < -0.4 is 10.9 Å². The fourth-order valence-corrected chi connectivity index (χ4v) is 3.38. The van der Waals surface area contributed by atoms with Crippen molar-refractivity contribution in [2.45, 2.75) is 0 Å². The van der Waals surface area contributed by atoms with E-state index in [0.29, 0.717) is 19.9 Å². The Bertz CT molecular complexity index is 943. The van der Waals surface area contributed by atoms with Gasteiger partial charge in [-0.05, 0) is 18.2 Å². The lowest BCUT2D eigenvalue weighted by Crippen LogP contribution is -2.41. The Hall–Kier alpha value is -2.41. The maximum Gasteiger partial charge on any atom is 0.281 e. The van der Waals surface area contributed by atoms with Gasteiger partial charge < -0.3 is 0 Å². The van der Waals surface area contributed by atoms with Crippen molar-refractivity contribution < 1.29 is 9.59 Å². The van der Waals surface area contributed by atoms with Gasteiger partial charge in [-0.15, -0.1) is 11.3 Å². The first-order valence-electron chi connectivity index (χ1n) is 7.12. The van der Waals surface area contributed by atoms with Crippen LogP contribution in [0, 0.1) is 0 Å². The third-order valence-corrected chi connectivity index (χ3v) is 4.93. The number of hydrazine groups is 1. The summed E-state index contributed by atoms with van der Waals surface area (Å²) in [5.41, 5.74) is 5.69. The van der Waals surface area contributed by atoms with Gasteiger partial charge in [0, 0.05) is 5.56 Å². The Labute approximate surface area is 157 Å². The summed E-state index contributed by atoms with van der Waals surface area (Å²) >= 11 is 13.2. The normalized spacial score (nSPS) is 10.3. The highest BCUT2D eigenvalue weighted by Crippen LogP contribution is 2.30. The summed E-state index contributed by atoms with van der Waals surface area (Å²) in [5.74, 6) is -0.981. The molecule has 0 bridgehead atoms. The molecule has 5 nitrogen and oxygen atoms in total. The number of benzene rings is 2. The van der Waals surface area contributed by atoms with Crippen molar-refractivity contribution in [3.05, 3.63) is 75.2 Å². The molecule has 0 aliphatic rings. The monoisotopic (exact) mass is 391 g/mol. The highest BCUT2D eigenvalue weighted by atomic mass is 35.5. The standard InChI is InChI=1S/C17H11Cl2N3O2S/c18-12-7-3-1-5-10(12)15(23)21-22-16(24)14-9-20-17(25-14)11-6-2-4-8-13(11)19/h1-9H,(H,21,23)(H,22,24). The molecule has 3 rings (SSSR count). The maximum atomic E-state index is 12.2. The van der Waals surface area contributed by atoms with Crippen LogP contribution in [-0.2, 0) is 0 Å². The second kappa shape index (κ2) is 7.65. The molecule has 0 spiro atoms. The fourth-order valence-electron chi connectivity index (χ4n) is 2.03. The number of hydrogen-bond donors (Lipinski definition) is 2. The van der Waals surface area contributed by atoms with Crippen LogP contribution in [0.2, 0.25) is 10.0 Å². The summed E-state index contributed by atoms with van der Waals surface area (Å²) in [6, 6.07) is 13.8. The smallest absolute Gasteiger partial charge is 0.267 e. The van der Waals surface area contributed by atoms with Gasteiger partial charge in [0.05, 0.1) is 21.8 Å². The van der Waals surface area contributed by atoms with E-state index in [1.165, 1.54) is 17.5 Å². The van der Waals surface area contributed by atoms with E-state index in [0.717, 1.165) is 5.56 Å². The van der Waals surface area contributed by atoms with E-state index >= 15 is 0 Å². The van der Waals surface area contributed by atoms with Crippen LogP contribution in [0.3, 0.4) is 0 Å². The maximum absolute atomic E-state index is 12.2. The first-order chi connectivity index (χ1) is 12.1. The molecule has 2 aromatic carbocycles. The van der Waals surface area contributed by atoms with Crippen LogP contribution in [0.5, 0.6) is 0 Å². The highest BCUT2D eigenvalue weighted by molar-refractivity contribution is 7.17. The Kier molecular flexibility index (Phi) is 5.33. The van der Waals surface area contributed by atoms with E-state index in [2.05, 4.69) is 15.8 Å². The molecule has 0 aliphatic heterocycles. The van der Waals surface area contributed by atoms with Crippen molar-refractivity contribution in [3.63, 3.8) is 0 Å². The number of nitrogens with one attached hydrogen (secondary N) is 2. The zero-order valence-electron chi connectivity index (χ0n) is 12.6. The molecule has 0 unspecified atom stereocenters. The van der Waals surface area contributed by atoms with Crippen LogP contribution >= 0.6 is 34.5 Å². The van der Waals surface area contributed by atoms with E-state index in [4.69, 9.17) is 23.2 Å². The zero-order valence-corrected chi connectivity index (χ0v) is 15.0. The van der Waals surface area contributed by atoms with Crippen LogP contribution in [-0.4, -0.2) is 16.8 Å². The summed E-state index contributed by atoms with van der Waals surface area (Å²) in [5, 5.41) is 1.47. The average Bonchev–Trinajstić information content (AvgIpc) is 3.10. The topological polar surface area (TPSA) is 71.1 Å². The van der Waals surface area contributed by atoms with Crippen molar-refractivity contribution in [2.24, 2.45) is 0 Å². The molecular formula is C17H11Cl2N3O2S. The average molecular weight is 392 g/mol. The van der Waals surface area contributed by atoms with Gasteiger partial charge in [-0.3, -0.25) is 20.4 Å². The molecule has 1 heterocycles. The number of halogens is 2. The van der Waals surface area contributed by atoms with Crippen LogP contribution in [0.4, 0.5) is 0 Å². The van der Waals surface area contributed by atoms with Gasteiger partial charge in [-0.1, -0.05) is 53.5 Å². The summed E-state index contributed by atoms with van der Waals surface area (Å²) in [6.45, 7) is 0. The lowest BCUT2D eigenvalue weighted by Gasteiger charge is -2.07. The van der Waals surface area contributed by atoms with E-state index < -0.39 is 11.8 Å². The SMILES string of the molecule is O=C(NNC(=O)c1ccccc1Cl)c1cnc(-c2ccccc2Cl)s1. The van der Waals surface area contributed by atoms with E-state index in [9.17, 15) is 9.59 Å². The van der Waals surface area contributed by atoms with Crippen molar-refractivity contribution >= 4 is 46.4 Å². The van der Waals surface area contributed by atoms with E-state index in [1.807, 2.05) is 18.2 Å². The number of amides is 2. The summed E-state index contributed by atoms with van der Waals surface area (Å²) in [4.78, 5) is 28.8. The number of thiazole rings is 1. The number of aromatic nitrogens is 1. The summed E-state index contributed by atoms with van der Waals surface area (Å²) in [6.07, 6.45) is 1.43. The molecule has 2 amide bonds. The lowest BCUT2D eigenvalue weighted by atomic mass is 10.2. The molecule has 0 aliphatic carbocycles. The third-order valence-electron chi connectivity index (χ3n) is 3.24. The molecule has 25 heavy (non-hydrogen) atoms. The number of carbonyl (C=O) groups is 2. The van der Waals surface area contributed by atoms with Crippen LogP contribution in [0.1, 0.15) is 20.0 Å². The highest BCUT2D eigenvalue weighted by Gasteiger charge is 2.15. The molecular weight excluding hydrogens is 381 g/mol. The second-order valence-corrected chi connectivity index (χ2v) is 6.74. The van der Waals surface area contributed by atoms with Gasteiger partial charge in [0.2, 0.25) is 0 Å². The summed E-state index contributed by atoms with van der Waals surface area (Å²) in [7, 11) is 0. The largest absolute Gasteiger partial charge is 0.281 e. The molecule has 0 fully saturated rings. The Balaban J connectivity index is 1.68. The minimum atomic E-state index is -0.505.